The van der Waals surface area contributed by atoms with Gasteiger partial charge in [-0.2, -0.15) is 0 Å². The highest BCUT2D eigenvalue weighted by Crippen LogP contribution is 2.29. The molecule has 1 unspecified atom stereocenters. The second-order valence-corrected chi connectivity index (χ2v) is 9.35. The minimum Gasteiger partial charge on any atom is -0.496 e. The van der Waals surface area contributed by atoms with Crippen molar-refractivity contribution in [1.29, 1.82) is 0 Å². The lowest BCUT2D eigenvalue weighted by Gasteiger charge is -2.24. The fraction of sp³-hybridized carbons (Fsp3) is 0.276. The van der Waals surface area contributed by atoms with Crippen LogP contribution in [0, 0.1) is 0 Å². The topological polar surface area (TPSA) is 108 Å². The average molecular weight is 502 g/mol. The molecular weight excluding hydrogens is 470 g/mol. The number of aromatic carboxylic acids is 1. The number of amides is 3. The number of carbonyl (C=O) groups is 3. The van der Waals surface area contributed by atoms with Crippen molar-refractivity contribution >= 4 is 29.3 Å². The van der Waals surface area contributed by atoms with Crippen molar-refractivity contribution in [2.45, 2.75) is 38.6 Å². The number of hydrogen-bond donors (Lipinski definition) is 3. The van der Waals surface area contributed by atoms with Gasteiger partial charge in [0.05, 0.1) is 7.11 Å². The third kappa shape index (κ3) is 5.91. The van der Waals surface area contributed by atoms with Gasteiger partial charge in [0.25, 0.3) is 0 Å². The van der Waals surface area contributed by atoms with E-state index in [1.165, 1.54) is 18.7 Å². The van der Waals surface area contributed by atoms with E-state index in [4.69, 9.17) is 4.74 Å². The molecule has 0 aliphatic carbocycles. The first kappa shape index (κ1) is 25.8. The summed E-state index contributed by atoms with van der Waals surface area (Å²) in [6.45, 7) is 4.75. The summed E-state index contributed by atoms with van der Waals surface area (Å²) in [5.74, 6) is -0.605. The quantitative estimate of drug-likeness (QED) is 0.378. The molecular formula is C29H31N3O5. The van der Waals surface area contributed by atoms with Crippen LogP contribution in [0.4, 0.5) is 16.2 Å². The minimum absolute atomic E-state index is 0.0906. The SMILES string of the molecule is COc1cc(-c2ccc(NC(=O)C3CCCN3C(=O)Nc3ccc(C(C)C)cc3)cc2)ccc1C(=O)O. The van der Waals surface area contributed by atoms with E-state index in [-0.39, 0.29) is 23.3 Å². The molecule has 1 aliphatic rings. The van der Waals surface area contributed by atoms with Crippen molar-refractivity contribution in [2.75, 3.05) is 24.3 Å². The molecule has 8 heteroatoms. The van der Waals surface area contributed by atoms with Crippen LogP contribution in [-0.2, 0) is 4.79 Å². The number of benzene rings is 3. The van der Waals surface area contributed by atoms with E-state index >= 15 is 0 Å². The highest BCUT2D eigenvalue weighted by Gasteiger charge is 2.34. The van der Waals surface area contributed by atoms with Crippen molar-refractivity contribution in [1.82, 2.24) is 4.90 Å². The third-order valence-electron chi connectivity index (χ3n) is 6.56. The Morgan fingerprint density at radius 1 is 0.919 bits per heavy atom. The smallest absolute Gasteiger partial charge is 0.339 e. The van der Waals surface area contributed by atoms with Crippen LogP contribution in [0.15, 0.2) is 66.7 Å². The van der Waals surface area contributed by atoms with Gasteiger partial charge >= 0.3 is 12.0 Å². The zero-order valence-electron chi connectivity index (χ0n) is 21.2. The zero-order valence-corrected chi connectivity index (χ0v) is 21.2. The number of likely N-dealkylation sites (tertiary alicyclic amines) is 1. The lowest BCUT2D eigenvalue weighted by Crippen LogP contribution is -2.45. The summed E-state index contributed by atoms with van der Waals surface area (Å²) in [5, 5.41) is 15.1. The van der Waals surface area contributed by atoms with Crippen molar-refractivity contribution in [3.05, 3.63) is 77.9 Å². The normalized spacial score (nSPS) is 14.9. The van der Waals surface area contributed by atoms with Crippen molar-refractivity contribution in [2.24, 2.45) is 0 Å². The summed E-state index contributed by atoms with van der Waals surface area (Å²) in [4.78, 5) is 38.9. The van der Waals surface area contributed by atoms with Crippen LogP contribution < -0.4 is 15.4 Å². The van der Waals surface area contributed by atoms with E-state index in [0.717, 1.165) is 17.5 Å². The van der Waals surface area contributed by atoms with Crippen molar-refractivity contribution in [3.63, 3.8) is 0 Å². The predicted octanol–water partition coefficient (Wildman–Crippen LogP) is 5.82. The number of ether oxygens (including phenoxy) is 1. The summed E-state index contributed by atoms with van der Waals surface area (Å²) >= 11 is 0. The molecule has 1 atom stereocenters. The first-order chi connectivity index (χ1) is 17.8. The van der Waals surface area contributed by atoms with Crippen LogP contribution in [-0.4, -0.2) is 47.6 Å². The highest BCUT2D eigenvalue weighted by molar-refractivity contribution is 5.99. The molecule has 1 fully saturated rings. The molecule has 3 N–H and O–H groups in total. The molecule has 0 bridgehead atoms. The second kappa shape index (κ2) is 11.2. The minimum atomic E-state index is -1.06. The number of hydrogen-bond acceptors (Lipinski definition) is 4. The Hall–Kier alpha value is -4.33. The molecule has 3 aromatic rings. The van der Waals surface area contributed by atoms with E-state index in [1.54, 1.807) is 29.2 Å². The molecule has 8 nitrogen and oxygen atoms in total. The number of carboxylic acid groups (broad SMARTS) is 1. The van der Waals surface area contributed by atoms with Crippen LogP contribution >= 0.6 is 0 Å². The number of urea groups is 1. The van der Waals surface area contributed by atoms with Crippen LogP contribution in [0.2, 0.25) is 0 Å². The molecule has 4 rings (SSSR count). The number of nitrogens with zero attached hydrogens (tertiary/aromatic N) is 1. The van der Waals surface area contributed by atoms with Gasteiger partial charge < -0.3 is 25.4 Å². The van der Waals surface area contributed by atoms with E-state index in [9.17, 15) is 19.5 Å². The summed E-state index contributed by atoms with van der Waals surface area (Å²) < 4.78 is 5.21. The monoisotopic (exact) mass is 501 g/mol. The number of carbonyl (C=O) groups excluding carboxylic acids is 2. The molecule has 0 spiro atoms. The molecule has 3 amide bonds. The third-order valence-corrected chi connectivity index (χ3v) is 6.56. The number of methoxy groups -OCH3 is 1. The van der Waals surface area contributed by atoms with Gasteiger partial charge in [-0.3, -0.25) is 4.79 Å². The van der Waals surface area contributed by atoms with Crippen molar-refractivity contribution < 1.29 is 24.2 Å². The fourth-order valence-corrected chi connectivity index (χ4v) is 4.45. The number of nitrogens with one attached hydrogen (secondary N) is 2. The van der Waals surface area contributed by atoms with Gasteiger partial charge in [0, 0.05) is 17.9 Å². The second-order valence-electron chi connectivity index (χ2n) is 9.35. The Morgan fingerprint density at radius 2 is 1.54 bits per heavy atom. The van der Waals surface area contributed by atoms with Gasteiger partial charge in [0.15, 0.2) is 0 Å². The Labute approximate surface area is 216 Å². The standard InChI is InChI=1S/C29H31N3O5/c1-18(2)19-6-11-23(12-7-19)31-29(36)32-16-4-5-25(32)27(33)30-22-13-8-20(9-14-22)21-10-15-24(28(34)35)26(17-21)37-3/h6-15,17-18,25H,4-5,16H2,1-3H3,(H,30,33)(H,31,36)(H,34,35). The van der Waals surface area contributed by atoms with E-state index in [1.807, 2.05) is 36.4 Å². The maximum absolute atomic E-state index is 13.0. The van der Waals surface area contributed by atoms with Crippen LogP contribution in [0.25, 0.3) is 11.1 Å². The van der Waals surface area contributed by atoms with E-state index in [0.29, 0.717) is 30.3 Å². The average Bonchev–Trinajstić information content (AvgIpc) is 3.39. The Bertz CT molecular complexity index is 1290. The summed E-state index contributed by atoms with van der Waals surface area (Å²) in [5.41, 5.74) is 4.23. The van der Waals surface area contributed by atoms with Gasteiger partial charge in [0.1, 0.15) is 17.4 Å². The van der Waals surface area contributed by atoms with Crippen LogP contribution in [0.1, 0.15) is 48.5 Å². The largest absolute Gasteiger partial charge is 0.496 e. The van der Waals surface area contributed by atoms with Crippen LogP contribution in [0.3, 0.4) is 0 Å². The van der Waals surface area contributed by atoms with Gasteiger partial charge in [-0.05, 0) is 71.8 Å². The molecule has 1 aliphatic heterocycles. The Balaban J connectivity index is 1.40. The lowest BCUT2D eigenvalue weighted by atomic mass is 10.0. The summed E-state index contributed by atoms with van der Waals surface area (Å²) in [6, 6.07) is 19.0. The Kier molecular flexibility index (Phi) is 7.77. The summed E-state index contributed by atoms with van der Waals surface area (Å²) in [6.07, 6.45) is 1.35. The van der Waals surface area contributed by atoms with Gasteiger partial charge in [-0.25, -0.2) is 9.59 Å². The lowest BCUT2D eigenvalue weighted by molar-refractivity contribution is -0.119. The molecule has 192 valence electrons. The predicted molar refractivity (Wildman–Crippen MR) is 143 cm³/mol. The van der Waals surface area contributed by atoms with Crippen molar-refractivity contribution in [3.8, 4) is 16.9 Å². The zero-order chi connectivity index (χ0) is 26.5. The number of rotatable bonds is 7. The molecule has 0 saturated carbocycles. The molecule has 0 radical (unpaired) electrons. The Morgan fingerprint density at radius 3 is 2.16 bits per heavy atom. The maximum atomic E-state index is 13.0. The summed E-state index contributed by atoms with van der Waals surface area (Å²) in [7, 11) is 1.43. The maximum Gasteiger partial charge on any atom is 0.339 e. The fourth-order valence-electron chi connectivity index (χ4n) is 4.45. The molecule has 3 aromatic carbocycles. The first-order valence-electron chi connectivity index (χ1n) is 12.3. The van der Waals surface area contributed by atoms with Gasteiger partial charge in [-0.15, -0.1) is 0 Å². The molecule has 1 saturated heterocycles. The molecule has 1 heterocycles. The first-order valence-corrected chi connectivity index (χ1v) is 12.3. The number of carboxylic acids is 1. The molecule has 37 heavy (non-hydrogen) atoms. The van der Waals surface area contributed by atoms with E-state index < -0.39 is 12.0 Å². The van der Waals surface area contributed by atoms with Gasteiger partial charge in [0.2, 0.25) is 5.91 Å². The number of anilines is 2. The highest BCUT2D eigenvalue weighted by atomic mass is 16.5. The van der Waals surface area contributed by atoms with Crippen LogP contribution in [0.5, 0.6) is 5.75 Å². The van der Waals surface area contributed by atoms with E-state index in [2.05, 4.69) is 24.5 Å². The molecule has 0 aromatic heterocycles. The van der Waals surface area contributed by atoms with Gasteiger partial charge in [-0.1, -0.05) is 44.2 Å².